The van der Waals surface area contributed by atoms with Crippen molar-refractivity contribution in [1.29, 1.82) is 0 Å². The van der Waals surface area contributed by atoms with Crippen LogP contribution in [-0.4, -0.2) is 24.0 Å². The maximum atomic E-state index is 13.6. The smallest absolute Gasteiger partial charge is 0.127 e. The quantitative estimate of drug-likeness (QED) is 0.898. The van der Waals surface area contributed by atoms with E-state index in [2.05, 4.69) is 11.8 Å². The molecule has 18 heavy (non-hydrogen) atoms. The van der Waals surface area contributed by atoms with Gasteiger partial charge in [0.15, 0.2) is 0 Å². The van der Waals surface area contributed by atoms with Gasteiger partial charge in [0.2, 0.25) is 0 Å². The summed E-state index contributed by atoms with van der Waals surface area (Å²) in [6, 6.07) is 4.03. The molecule has 0 radical (unpaired) electrons. The molecule has 100 valence electrons. The Labute approximate surface area is 107 Å². The number of benzene rings is 1. The van der Waals surface area contributed by atoms with Crippen molar-refractivity contribution >= 4 is 0 Å². The minimum atomic E-state index is -0.383. The van der Waals surface area contributed by atoms with Crippen molar-refractivity contribution in [3.05, 3.63) is 35.4 Å². The van der Waals surface area contributed by atoms with Gasteiger partial charge in [-0.05, 0) is 50.4 Å². The Hall–Kier alpha value is -1.00. The molecule has 0 bridgehead atoms. The van der Waals surface area contributed by atoms with Crippen LogP contribution in [-0.2, 0) is 6.54 Å². The monoisotopic (exact) mass is 254 g/mol. The molecule has 1 fully saturated rings. The first-order chi connectivity index (χ1) is 8.60. The standard InChI is InChI=1S/C14H20F2N2/c1-10-2-3-11(7-17)8-18(10)9-12-6-13(15)4-5-14(12)16/h4-6,10-11H,2-3,7-9,17H2,1H3. The maximum Gasteiger partial charge on any atom is 0.127 e. The Bertz CT molecular complexity index is 409. The lowest BCUT2D eigenvalue weighted by Gasteiger charge is -2.37. The van der Waals surface area contributed by atoms with Crippen molar-refractivity contribution < 1.29 is 8.78 Å². The van der Waals surface area contributed by atoms with Gasteiger partial charge in [0.25, 0.3) is 0 Å². The molecule has 1 aliphatic heterocycles. The summed E-state index contributed by atoms with van der Waals surface area (Å²) < 4.78 is 26.7. The fourth-order valence-corrected chi connectivity index (χ4v) is 2.56. The van der Waals surface area contributed by atoms with Crippen LogP contribution in [0, 0.1) is 17.6 Å². The molecule has 1 aromatic rings. The molecule has 1 heterocycles. The Kier molecular flexibility index (Phi) is 4.30. The first-order valence-corrected chi connectivity index (χ1v) is 6.48. The fraction of sp³-hybridized carbons (Fsp3) is 0.571. The maximum absolute atomic E-state index is 13.6. The van der Waals surface area contributed by atoms with E-state index in [0.29, 0.717) is 30.6 Å². The predicted octanol–water partition coefficient (Wildman–Crippen LogP) is 2.52. The fourth-order valence-electron chi connectivity index (χ4n) is 2.56. The molecule has 1 aliphatic rings. The minimum absolute atomic E-state index is 0.335. The highest BCUT2D eigenvalue weighted by Gasteiger charge is 2.25. The summed E-state index contributed by atoms with van der Waals surface area (Å²) in [6.07, 6.45) is 2.19. The number of hydrogen-bond acceptors (Lipinski definition) is 2. The zero-order valence-corrected chi connectivity index (χ0v) is 10.7. The van der Waals surface area contributed by atoms with E-state index in [0.717, 1.165) is 25.5 Å². The highest BCUT2D eigenvalue weighted by Crippen LogP contribution is 2.24. The Morgan fingerprint density at radius 2 is 2.11 bits per heavy atom. The normalized spacial score (nSPS) is 25.3. The molecule has 2 unspecified atom stereocenters. The van der Waals surface area contributed by atoms with Gasteiger partial charge in [0.1, 0.15) is 11.6 Å². The Morgan fingerprint density at radius 1 is 1.33 bits per heavy atom. The van der Waals surface area contributed by atoms with Crippen molar-refractivity contribution in [1.82, 2.24) is 4.90 Å². The molecule has 1 aromatic carbocycles. The topological polar surface area (TPSA) is 29.3 Å². The second kappa shape index (κ2) is 5.76. The number of piperidine rings is 1. The summed E-state index contributed by atoms with van der Waals surface area (Å²) in [5.41, 5.74) is 6.13. The van der Waals surface area contributed by atoms with E-state index in [9.17, 15) is 8.78 Å². The molecule has 1 saturated heterocycles. The first kappa shape index (κ1) is 13.4. The molecule has 2 atom stereocenters. The molecule has 4 heteroatoms. The van der Waals surface area contributed by atoms with E-state index in [1.54, 1.807) is 0 Å². The summed E-state index contributed by atoms with van der Waals surface area (Å²) in [6.45, 7) is 4.12. The van der Waals surface area contributed by atoms with Gasteiger partial charge in [0, 0.05) is 24.7 Å². The van der Waals surface area contributed by atoms with Gasteiger partial charge < -0.3 is 5.73 Å². The van der Waals surface area contributed by atoms with Crippen LogP contribution in [0.15, 0.2) is 18.2 Å². The Balaban J connectivity index is 2.09. The highest BCUT2D eigenvalue weighted by atomic mass is 19.1. The third-order valence-electron chi connectivity index (χ3n) is 3.82. The van der Waals surface area contributed by atoms with Gasteiger partial charge in [-0.15, -0.1) is 0 Å². The minimum Gasteiger partial charge on any atom is -0.330 e. The van der Waals surface area contributed by atoms with Gasteiger partial charge in [-0.3, -0.25) is 4.90 Å². The molecular weight excluding hydrogens is 234 g/mol. The Morgan fingerprint density at radius 3 is 2.83 bits per heavy atom. The third-order valence-corrected chi connectivity index (χ3v) is 3.82. The average Bonchev–Trinajstić information content (AvgIpc) is 2.36. The average molecular weight is 254 g/mol. The van der Waals surface area contributed by atoms with Crippen LogP contribution in [0.2, 0.25) is 0 Å². The van der Waals surface area contributed by atoms with Crippen LogP contribution >= 0.6 is 0 Å². The molecule has 0 aliphatic carbocycles. The summed E-state index contributed by atoms with van der Waals surface area (Å²) >= 11 is 0. The second-order valence-electron chi connectivity index (χ2n) is 5.19. The van der Waals surface area contributed by atoms with E-state index in [1.165, 1.54) is 12.1 Å². The number of likely N-dealkylation sites (tertiary alicyclic amines) is 1. The van der Waals surface area contributed by atoms with Crippen LogP contribution < -0.4 is 5.73 Å². The molecule has 0 aromatic heterocycles. The van der Waals surface area contributed by atoms with Crippen molar-refractivity contribution in [3.8, 4) is 0 Å². The van der Waals surface area contributed by atoms with E-state index >= 15 is 0 Å². The van der Waals surface area contributed by atoms with Crippen molar-refractivity contribution in [3.63, 3.8) is 0 Å². The number of nitrogens with two attached hydrogens (primary N) is 1. The van der Waals surface area contributed by atoms with E-state index in [-0.39, 0.29) is 11.6 Å². The molecule has 2 rings (SSSR count). The molecule has 2 nitrogen and oxygen atoms in total. The van der Waals surface area contributed by atoms with Crippen molar-refractivity contribution in [2.24, 2.45) is 11.7 Å². The predicted molar refractivity (Wildman–Crippen MR) is 68.0 cm³/mol. The van der Waals surface area contributed by atoms with E-state index in [1.807, 2.05) is 0 Å². The highest BCUT2D eigenvalue weighted by molar-refractivity contribution is 5.18. The molecule has 2 N–H and O–H groups in total. The van der Waals surface area contributed by atoms with Crippen LogP contribution in [0.25, 0.3) is 0 Å². The zero-order valence-electron chi connectivity index (χ0n) is 10.7. The van der Waals surface area contributed by atoms with Crippen molar-refractivity contribution in [2.75, 3.05) is 13.1 Å². The van der Waals surface area contributed by atoms with Crippen LogP contribution in [0.4, 0.5) is 8.78 Å². The third kappa shape index (κ3) is 3.06. The number of rotatable bonds is 3. The van der Waals surface area contributed by atoms with Crippen LogP contribution in [0.3, 0.4) is 0 Å². The lowest BCUT2D eigenvalue weighted by Crippen LogP contribution is -2.43. The summed E-state index contributed by atoms with van der Waals surface area (Å²) in [7, 11) is 0. The molecule has 0 spiro atoms. The number of nitrogens with zero attached hydrogens (tertiary/aromatic N) is 1. The lowest BCUT2D eigenvalue weighted by atomic mass is 9.93. The van der Waals surface area contributed by atoms with Crippen LogP contribution in [0.5, 0.6) is 0 Å². The number of halogens is 2. The molecule has 0 amide bonds. The van der Waals surface area contributed by atoms with Gasteiger partial charge in [-0.1, -0.05) is 0 Å². The zero-order chi connectivity index (χ0) is 13.1. The van der Waals surface area contributed by atoms with Gasteiger partial charge in [-0.2, -0.15) is 0 Å². The van der Waals surface area contributed by atoms with Crippen LogP contribution in [0.1, 0.15) is 25.3 Å². The van der Waals surface area contributed by atoms with E-state index < -0.39 is 0 Å². The summed E-state index contributed by atoms with van der Waals surface area (Å²) in [4.78, 5) is 2.19. The number of hydrogen-bond donors (Lipinski definition) is 1. The SMILES string of the molecule is CC1CCC(CN)CN1Cc1cc(F)ccc1F. The summed E-state index contributed by atoms with van der Waals surface area (Å²) in [5.74, 6) is -0.247. The first-order valence-electron chi connectivity index (χ1n) is 6.48. The van der Waals surface area contributed by atoms with Crippen molar-refractivity contribution in [2.45, 2.75) is 32.4 Å². The molecule has 0 saturated carbocycles. The largest absolute Gasteiger partial charge is 0.330 e. The van der Waals surface area contributed by atoms with Gasteiger partial charge in [-0.25, -0.2) is 8.78 Å². The van der Waals surface area contributed by atoms with Gasteiger partial charge in [0.05, 0.1) is 0 Å². The van der Waals surface area contributed by atoms with E-state index in [4.69, 9.17) is 5.73 Å². The summed E-state index contributed by atoms with van der Waals surface area (Å²) in [5, 5.41) is 0. The second-order valence-corrected chi connectivity index (χ2v) is 5.19. The lowest BCUT2D eigenvalue weighted by molar-refractivity contribution is 0.112. The van der Waals surface area contributed by atoms with Gasteiger partial charge >= 0.3 is 0 Å². The molecular formula is C14H20F2N2.